The highest BCUT2D eigenvalue weighted by molar-refractivity contribution is 6.30. The topological polar surface area (TPSA) is 54.0 Å². The summed E-state index contributed by atoms with van der Waals surface area (Å²) in [7, 11) is 3.16. The van der Waals surface area contributed by atoms with Crippen molar-refractivity contribution in [2.75, 3.05) is 20.8 Å². The van der Waals surface area contributed by atoms with E-state index in [2.05, 4.69) is 0 Å². The summed E-state index contributed by atoms with van der Waals surface area (Å²) in [5.74, 6) is 1.39. The molecule has 2 aromatic rings. The number of esters is 1. The number of methoxy groups -OCH3 is 2. The molecule has 1 aliphatic rings. The van der Waals surface area contributed by atoms with Gasteiger partial charge in [0.1, 0.15) is 19.0 Å². The second-order valence-electron chi connectivity index (χ2n) is 6.21. The number of carbonyl (C=O) groups excluding carboxylic acids is 1. The van der Waals surface area contributed by atoms with Crippen LogP contribution in [0.25, 0.3) is 0 Å². The van der Waals surface area contributed by atoms with Crippen molar-refractivity contribution in [3.05, 3.63) is 52.0 Å². The molecule has 0 bridgehead atoms. The first-order valence-corrected chi connectivity index (χ1v) is 8.69. The van der Waals surface area contributed by atoms with Gasteiger partial charge in [-0.1, -0.05) is 11.6 Å². The van der Waals surface area contributed by atoms with Crippen molar-refractivity contribution in [2.24, 2.45) is 5.92 Å². The average Bonchev–Trinajstić information content (AvgIpc) is 2.65. The smallest absolute Gasteiger partial charge is 0.313 e. The molecule has 3 rings (SSSR count). The summed E-state index contributed by atoms with van der Waals surface area (Å²) in [6.07, 6.45) is 0.555. The Morgan fingerprint density at radius 1 is 1.19 bits per heavy atom. The minimum atomic E-state index is -0.346. The Morgan fingerprint density at radius 2 is 1.92 bits per heavy atom. The molecular formula is C20H21ClO5. The standard InChI is InChI=1S/C20H21ClO5/c1-12-6-18(23-2)19(24-3)9-14(12)10-26-20(22)15-7-13-8-16(21)4-5-17(13)25-11-15/h4-6,8-9,15H,7,10-11H2,1-3H3/t15-/m0/s1. The monoisotopic (exact) mass is 376 g/mol. The molecule has 0 saturated carbocycles. The first kappa shape index (κ1) is 18.4. The Labute approximate surface area is 157 Å². The third-order valence-electron chi connectivity index (χ3n) is 4.47. The van der Waals surface area contributed by atoms with Gasteiger partial charge in [-0.15, -0.1) is 0 Å². The number of carbonyl (C=O) groups is 1. The molecule has 0 aliphatic carbocycles. The molecule has 1 atom stereocenters. The van der Waals surface area contributed by atoms with E-state index < -0.39 is 0 Å². The number of rotatable bonds is 5. The van der Waals surface area contributed by atoms with E-state index in [1.807, 2.05) is 31.2 Å². The summed E-state index contributed by atoms with van der Waals surface area (Å²) >= 11 is 6.02. The third-order valence-corrected chi connectivity index (χ3v) is 4.71. The van der Waals surface area contributed by atoms with Gasteiger partial charge in [-0.3, -0.25) is 4.79 Å². The van der Waals surface area contributed by atoms with Gasteiger partial charge in [0.15, 0.2) is 11.5 Å². The minimum Gasteiger partial charge on any atom is -0.493 e. The second-order valence-corrected chi connectivity index (χ2v) is 6.64. The number of hydrogen-bond acceptors (Lipinski definition) is 5. The van der Waals surface area contributed by atoms with E-state index in [-0.39, 0.29) is 18.5 Å². The number of benzene rings is 2. The molecule has 2 aromatic carbocycles. The van der Waals surface area contributed by atoms with Crippen molar-refractivity contribution in [1.29, 1.82) is 0 Å². The highest BCUT2D eigenvalue weighted by Gasteiger charge is 2.27. The summed E-state index contributed by atoms with van der Waals surface area (Å²) < 4.78 is 21.8. The molecule has 0 N–H and O–H groups in total. The maximum atomic E-state index is 12.5. The fourth-order valence-electron chi connectivity index (χ4n) is 2.96. The van der Waals surface area contributed by atoms with Gasteiger partial charge in [0, 0.05) is 5.02 Å². The van der Waals surface area contributed by atoms with Crippen molar-refractivity contribution < 1.29 is 23.7 Å². The van der Waals surface area contributed by atoms with E-state index in [0.717, 1.165) is 22.4 Å². The van der Waals surface area contributed by atoms with Crippen molar-refractivity contribution in [1.82, 2.24) is 0 Å². The van der Waals surface area contributed by atoms with Gasteiger partial charge in [-0.05, 0) is 60.4 Å². The van der Waals surface area contributed by atoms with Gasteiger partial charge in [0.05, 0.1) is 20.1 Å². The zero-order valence-corrected chi connectivity index (χ0v) is 15.8. The van der Waals surface area contributed by atoms with E-state index >= 15 is 0 Å². The van der Waals surface area contributed by atoms with Crippen LogP contribution in [0.4, 0.5) is 0 Å². The number of aryl methyl sites for hydroxylation is 1. The van der Waals surface area contributed by atoms with Crippen molar-refractivity contribution in [3.63, 3.8) is 0 Å². The van der Waals surface area contributed by atoms with Gasteiger partial charge in [0.25, 0.3) is 0 Å². The molecule has 0 spiro atoms. The van der Waals surface area contributed by atoms with E-state index in [1.165, 1.54) is 0 Å². The molecule has 0 unspecified atom stereocenters. The summed E-state index contributed by atoms with van der Waals surface area (Å²) in [5.41, 5.74) is 2.76. The fraction of sp³-hybridized carbons (Fsp3) is 0.350. The highest BCUT2D eigenvalue weighted by atomic mass is 35.5. The Morgan fingerprint density at radius 3 is 2.65 bits per heavy atom. The maximum absolute atomic E-state index is 12.5. The van der Waals surface area contributed by atoms with E-state index in [1.54, 1.807) is 20.3 Å². The summed E-state index contributed by atoms with van der Waals surface area (Å²) in [5, 5.41) is 0.627. The van der Waals surface area contributed by atoms with Gasteiger partial charge in [-0.2, -0.15) is 0 Å². The van der Waals surface area contributed by atoms with Crippen LogP contribution in [0.2, 0.25) is 5.02 Å². The van der Waals surface area contributed by atoms with Crippen LogP contribution in [0.5, 0.6) is 17.2 Å². The van der Waals surface area contributed by atoms with Gasteiger partial charge in [-0.25, -0.2) is 0 Å². The van der Waals surface area contributed by atoms with Crippen LogP contribution in [0, 0.1) is 12.8 Å². The van der Waals surface area contributed by atoms with Gasteiger partial charge < -0.3 is 18.9 Å². The molecule has 138 valence electrons. The van der Waals surface area contributed by atoms with E-state index in [0.29, 0.717) is 29.5 Å². The molecule has 0 aromatic heterocycles. The molecule has 26 heavy (non-hydrogen) atoms. The second kappa shape index (κ2) is 7.87. The lowest BCUT2D eigenvalue weighted by Gasteiger charge is -2.24. The molecule has 0 radical (unpaired) electrons. The van der Waals surface area contributed by atoms with Crippen LogP contribution < -0.4 is 14.2 Å². The number of hydrogen-bond donors (Lipinski definition) is 0. The average molecular weight is 377 g/mol. The lowest BCUT2D eigenvalue weighted by molar-refractivity contribution is -0.151. The van der Waals surface area contributed by atoms with E-state index in [9.17, 15) is 4.79 Å². The van der Waals surface area contributed by atoms with Crippen molar-refractivity contribution in [3.8, 4) is 17.2 Å². The van der Waals surface area contributed by atoms with Gasteiger partial charge >= 0.3 is 5.97 Å². The predicted octanol–water partition coefficient (Wildman–Crippen LogP) is 3.96. The highest BCUT2D eigenvalue weighted by Crippen LogP contribution is 2.32. The Hall–Kier alpha value is -2.40. The predicted molar refractivity (Wildman–Crippen MR) is 98.2 cm³/mol. The van der Waals surface area contributed by atoms with E-state index in [4.69, 9.17) is 30.5 Å². The Kier molecular flexibility index (Phi) is 5.57. The lowest BCUT2D eigenvalue weighted by atomic mass is 9.97. The SMILES string of the molecule is COc1cc(C)c(COC(=O)[C@@H]2COc3ccc(Cl)cc3C2)cc1OC. The summed E-state index contributed by atoms with van der Waals surface area (Å²) in [6.45, 7) is 2.41. The lowest BCUT2D eigenvalue weighted by Crippen LogP contribution is -2.29. The zero-order valence-electron chi connectivity index (χ0n) is 15.0. The largest absolute Gasteiger partial charge is 0.493 e. The van der Waals surface area contributed by atoms with Crippen LogP contribution in [-0.4, -0.2) is 26.8 Å². The third kappa shape index (κ3) is 3.88. The molecule has 1 aliphatic heterocycles. The first-order chi connectivity index (χ1) is 12.5. The molecule has 0 saturated heterocycles. The molecule has 0 fully saturated rings. The van der Waals surface area contributed by atoms with Crippen LogP contribution in [0.3, 0.4) is 0 Å². The minimum absolute atomic E-state index is 0.171. The molecular weight excluding hydrogens is 356 g/mol. The van der Waals surface area contributed by atoms with Crippen LogP contribution in [0.1, 0.15) is 16.7 Å². The van der Waals surface area contributed by atoms with Crippen molar-refractivity contribution in [2.45, 2.75) is 20.0 Å². The molecule has 0 amide bonds. The molecule has 5 nitrogen and oxygen atoms in total. The zero-order chi connectivity index (χ0) is 18.7. The van der Waals surface area contributed by atoms with Crippen molar-refractivity contribution >= 4 is 17.6 Å². The van der Waals surface area contributed by atoms with Crippen LogP contribution in [-0.2, 0) is 22.6 Å². The number of fused-ring (bicyclic) bond motifs is 1. The summed E-state index contributed by atoms with van der Waals surface area (Å²) in [6, 6.07) is 9.12. The molecule has 1 heterocycles. The maximum Gasteiger partial charge on any atom is 0.313 e. The first-order valence-electron chi connectivity index (χ1n) is 8.31. The molecule has 6 heteroatoms. The number of ether oxygens (including phenoxy) is 4. The van der Waals surface area contributed by atoms with Crippen LogP contribution >= 0.6 is 11.6 Å². The van der Waals surface area contributed by atoms with Gasteiger partial charge in [0.2, 0.25) is 0 Å². The number of halogens is 1. The van der Waals surface area contributed by atoms with Crippen LogP contribution in [0.15, 0.2) is 30.3 Å². The normalized spacial score (nSPS) is 15.6. The quantitative estimate of drug-likeness (QED) is 0.739. The Bertz CT molecular complexity index is 818. The summed E-state index contributed by atoms with van der Waals surface area (Å²) in [4.78, 5) is 12.5. The fourth-order valence-corrected chi connectivity index (χ4v) is 3.15. The Balaban J connectivity index is 1.66.